The highest BCUT2D eigenvalue weighted by Gasteiger charge is 2.07. The van der Waals surface area contributed by atoms with E-state index in [9.17, 15) is 0 Å². The average molecular weight is 161 g/mol. The van der Waals surface area contributed by atoms with Crippen LogP contribution in [0.2, 0.25) is 0 Å². The minimum absolute atomic E-state index is 0.471. The van der Waals surface area contributed by atoms with Gasteiger partial charge in [-0.2, -0.15) is 5.10 Å². The summed E-state index contributed by atoms with van der Waals surface area (Å²) in [5.41, 5.74) is 2.16. The molecule has 0 bridgehead atoms. The van der Waals surface area contributed by atoms with Gasteiger partial charge in [-0.25, -0.2) is 0 Å². The molecule has 0 saturated carbocycles. The van der Waals surface area contributed by atoms with Gasteiger partial charge in [-0.05, 0) is 12.0 Å². The SMILES string of the molecule is CC(C)c1[nH]nc2ccncc12. The van der Waals surface area contributed by atoms with Crippen molar-refractivity contribution in [1.29, 1.82) is 0 Å². The zero-order valence-electron chi connectivity index (χ0n) is 7.20. The molecule has 0 aliphatic carbocycles. The van der Waals surface area contributed by atoms with Crippen LogP contribution in [0.5, 0.6) is 0 Å². The van der Waals surface area contributed by atoms with E-state index < -0.39 is 0 Å². The van der Waals surface area contributed by atoms with E-state index in [0.29, 0.717) is 5.92 Å². The first-order valence-electron chi connectivity index (χ1n) is 4.07. The maximum absolute atomic E-state index is 4.17. The molecule has 2 rings (SSSR count). The van der Waals surface area contributed by atoms with Crippen LogP contribution in [0, 0.1) is 0 Å². The molecular formula is C9H11N3. The van der Waals surface area contributed by atoms with Crippen LogP contribution in [0.4, 0.5) is 0 Å². The third kappa shape index (κ3) is 0.978. The molecule has 0 unspecified atom stereocenters. The molecule has 0 fully saturated rings. The zero-order chi connectivity index (χ0) is 8.55. The Morgan fingerprint density at radius 2 is 2.25 bits per heavy atom. The fourth-order valence-corrected chi connectivity index (χ4v) is 1.31. The van der Waals surface area contributed by atoms with Crippen LogP contribution >= 0.6 is 0 Å². The van der Waals surface area contributed by atoms with E-state index in [1.165, 1.54) is 0 Å². The lowest BCUT2D eigenvalue weighted by atomic mass is 10.1. The molecule has 12 heavy (non-hydrogen) atoms. The summed E-state index contributed by atoms with van der Waals surface area (Å²) in [6.45, 7) is 4.28. The summed E-state index contributed by atoms with van der Waals surface area (Å²) in [5.74, 6) is 0.471. The Labute approximate surface area is 70.8 Å². The Bertz CT molecular complexity index is 389. The lowest BCUT2D eigenvalue weighted by Crippen LogP contribution is -1.87. The monoisotopic (exact) mass is 161 g/mol. The van der Waals surface area contributed by atoms with Crippen LogP contribution in [0.3, 0.4) is 0 Å². The average Bonchev–Trinajstić information content (AvgIpc) is 2.47. The van der Waals surface area contributed by atoms with E-state index in [0.717, 1.165) is 16.6 Å². The third-order valence-corrected chi connectivity index (χ3v) is 1.96. The molecule has 2 aromatic heterocycles. The van der Waals surface area contributed by atoms with Gasteiger partial charge >= 0.3 is 0 Å². The Morgan fingerprint density at radius 1 is 1.42 bits per heavy atom. The molecule has 0 atom stereocenters. The zero-order valence-corrected chi connectivity index (χ0v) is 7.20. The molecule has 0 spiro atoms. The van der Waals surface area contributed by atoms with Gasteiger partial charge in [-0.3, -0.25) is 10.1 Å². The smallest absolute Gasteiger partial charge is 0.0954 e. The fourth-order valence-electron chi connectivity index (χ4n) is 1.31. The van der Waals surface area contributed by atoms with E-state index in [4.69, 9.17) is 0 Å². The topological polar surface area (TPSA) is 41.6 Å². The van der Waals surface area contributed by atoms with Crippen LogP contribution in [0.25, 0.3) is 10.9 Å². The number of pyridine rings is 1. The van der Waals surface area contributed by atoms with Crippen molar-refractivity contribution >= 4 is 10.9 Å². The number of aromatic nitrogens is 3. The molecular weight excluding hydrogens is 150 g/mol. The van der Waals surface area contributed by atoms with Crippen molar-refractivity contribution in [3.8, 4) is 0 Å². The first kappa shape index (κ1) is 7.28. The Hall–Kier alpha value is -1.38. The summed E-state index contributed by atoms with van der Waals surface area (Å²) < 4.78 is 0. The maximum Gasteiger partial charge on any atom is 0.0954 e. The first-order valence-corrected chi connectivity index (χ1v) is 4.07. The van der Waals surface area contributed by atoms with Crippen molar-refractivity contribution in [2.75, 3.05) is 0 Å². The molecule has 0 aliphatic heterocycles. The van der Waals surface area contributed by atoms with E-state index in [1.54, 1.807) is 6.20 Å². The minimum atomic E-state index is 0.471. The lowest BCUT2D eigenvalue weighted by molar-refractivity contribution is 0.817. The summed E-state index contributed by atoms with van der Waals surface area (Å²) >= 11 is 0. The van der Waals surface area contributed by atoms with Gasteiger partial charge in [0.25, 0.3) is 0 Å². The molecule has 3 nitrogen and oxygen atoms in total. The molecule has 62 valence electrons. The molecule has 0 radical (unpaired) electrons. The number of H-pyrrole nitrogens is 1. The highest BCUT2D eigenvalue weighted by Crippen LogP contribution is 2.20. The minimum Gasteiger partial charge on any atom is -0.281 e. The number of hydrogen-bond acceptors (Lipinski definition) is 2. The van der Waals surface area contributed by atoms with Crippen molar-refractivity contribution in [3.63, 3.8) is 0 Å². The molecule has 0 amide bonds. The van der Waals surface area contributed by atoms with Crippen molar-refractivity contribution < 1.29 is 0 Å². The van der Waals surface area contributed by atoms with Crippen LogP contribution in [-0.4, -0.2) is 15.2 Å². The van der Waals surface area contributed by atoms with Gasteiger partial charge in [0.05, 0.1) is 5.52 Å². The molecule has 3 heteroatoms. The summed E-state index contributed by atoms with van der Waals surface area (Å²) in [6.07, 6.45) is 3.61. The second-order valence-electron chi connectivity index (χ2n) is 3.18. The molecule has 2 heterocycles. The standard InChI is InChI=1S/C9H11N3/c1-6(2)9-7-5-10-4-3-8(7)11-12-9/h3-6H,1-2H3,(H,11,12). The normalized spacial score (nSPS) is 11.2. The number of nitrogens with one attached hydrogen (secondary N) is 1. The van der Waals surface area contributed by atoms with Gasteiger partial charge in [-0.15, -0.1) is 0 Å². The summed E-state index contributed by atoms with van der Waals surface area (Å²) in [7, 11) is 0. The maximum atomic E-state index is 4.17. The molecule has 0 saturated heterocycles. The summed E-state index contributed by atoms with van der Waals surface area (Å²) in [4.78, 5) is 4.07. The molecule has 1 N–H and O–H groups in total. The lowest BCUT2D eigenvalue weighted by Gasteiger charge is -1.99. The van der Waals surface area contributed by atoms with Crippen LogP contribution in [0.1, 0.15) is 25.5 Å². The van der Waals surface area contributed by atoms with E-state index in [2.05, 4.69) is 29.0 Å². The predicted octanol–water partition coefficient (Wildman–Crippen LogP) is 2.08. The Balaban J connectivity index is 2.70. The Kier molecular flexibility index (Phi) is 1.57. The Morgan fingerprint density at radius 3 is 3.00 bits per heavy atom. The van der Waals surface area contributed by atoms with Crippen molar-refractivity contribution in [1.82, 2.24) is 15.2 Å². The van der Waals surface area contributed by atoms with Gasteiger partial charge in [0, 0.05) is 23.5 Å². The van der Waals surface area contributed by atoms with Crippen LogP contribution in [-0.2, 0) is 0 Å². The largest absolute Gasteiger partial charge is 0.281 e. The highest BCUT2D eigenvalue weighted by atomic mass is 15.1. The van der Waals surface area contributed by atoms with E-state index >= 15 is 0 Å². The van der Waals surface area contributed by atoms with E-state index in [-0.39, 0.29) is 0 Å². The predicted molar refractivity (Wildman–Crippen MR) is 48.0 cm³/mol. The number of hydrogen-bond donors (Lipinski definition) is 1. The molecule has 0 aromatic carbocycles. The third-order valence-electron chi connectivity index (χ3n) is 1.96. The van der Waals surface area contributed by atoms with Crippen LogP contribution in [0.15, 0.2) is 18.5 Å². The number of rotatable bonds is 1. The van der Waals surface area contributed by atoms with Crippen molar-refractivity contribution in [2.45, 2.75) is 19.8 Å². The van der Waals surface area contributed by atoms with Crippen molar-refractivity contribution in [3.05, 3.63) is 24.2 Å². The fraction of sp³-hybridized carbons (Fsp3) is 0.333. The molecule has 0 aliphatic rings. The second-order valence-corrected chi connectivity index (χ2v) is 3.18. The summed E-state index contributed by atoms with van der Waals surface area (Å²) in [5, 5.41) is 8.33. The van der Waals surface area contributed by atoms with Gasteiger partial charge in [0.2, 0.25) is 0 Å². The van der Waals surface area contributed by atoms with Crippen molar-refractivity contribution in [2.24, 2.45) is 0 Å². The van der Waals surface area contributed by atoms with Gasteiger partial charge in [0.1, 0.15) is 0 Å². The highest BCUT2D eigenvalue weighted by molar-refractivity contribution is 5.80. The number of fused-ring (bicyclic) bond motifs is 1. The first-order chi connectivity index (χ1) is 5.79. The number of aromatic amines is 1. The molecule has 2 aromatic rings. The van der Waals surface area contributed by atoms with Gasteiger partial charge in [0.15, 0.2) is 0 Å². The van der Waals surface area contributed by atoms with Gasteiger partial charge < -0.3 is 0 Å². The second kappa shape index (κ2) is 2.59. The quantitative estimate of drug-likeness (QED) is 0.695. The van der Waals surface area contributed by atoms with E-state index in [1.807, 2.05) is 12.3 Å². The summed E-state index contributed by atoms with van der Waals surface area (Å²) in [6, 6.07) is 1.91. The van der Waals surface area contributed by atoms with Crippen LogP contribution < -0.4 is 0 Å². The number of nitrogens with zero attached hydrogens (tertiary/aromatic N) is 2. The van der Waals surface area contributed by atoms with Gasteiger partial charge in [-0.1, -0.05) is 13.8 Å².